The van der Waals surface area contributed by atoms with Crippen molar-refractivity contribution in [1.29, 1.82) is 0 Å². The molecule has 5 heteroatoms. The summed E-state index contributed by atoms with van der Waals surface area (Å²) in [4.78, 5) is 17.6. The van der Waals surface area contributed by atoms with Crippen LogP contribution in [0.2, 0.25) is 0 Å². The molecule has 0 atom stereocenters. The standard InChI is InChI=1S/C16H18N2O2S/c1-11-15(21-10-18-11)6-7-17-16(19)13-4-5-14-12(9-13)3-2-8-20-14/h4-5,9-10H,2-3,6-8H2,1H3,(H,17,19). The Kier molecular flexibility index (Phi) is 4.20. The number of carbonyl (C=O) groups is 1. The number of ether oxygens (including phenoxy) is 1. The number of hydrogen-bond donors (Lipinski definition) is 1. The third-order valence-electron chi connectivity index (χ3n) is 3.65. The zero-order valence-electron chi connectivity index (χ0n) is 12.0. The van der Waals surface area contributed by atoms with Crippen molar-refractivity contribution < 1.29 is 9.53 Å². The van der Waals surface area contributed by atoms with Crippen LogP contribution in [0.25, 0.3) is 0 Å². The normalized spacial score (nSPS) is 13.4. The molecule has 110 valence electrons. The number of aromatic nitrogens is 1. The van der Waals surface area contributed by atoms with E-state index in [2.05, 4.69) is 10.3 Å². The highest BCUT2D eigenvalue weighted by Crippen LogP contribution is 2.25. The molecule has 3 rings (SSSR count). The van der Waals surface area contributed by atoms with Crippen LogP contribution in [0.5, 0.6) is 5.75 Å². The van der Waals surface area contributed by atoms with Crippen molar-refractivity contribution in [3.63, 3.8) is 0 Å². The summed E-state index contributed by atoms with van der Waals surface area (Å²) in [5.74, 6) is 0.892. The predicted molar refractivity (Wildman–Crippen MR) is 83.1 cm³/mol. The van der Waals surface area contributed by atoms with Crippen molar-refractivity contribution in [2.24, 2.45) is 0 Å². The Balaban J connectivity index is 1.59. The predicted octanol–water partition coefficient (Wildman–Crippen LogP) is 2.75. The van der Waals surface area contributed by atoms with E-state index in [0.29, 0.717) is 12.1 Å². The number of nitrogens with zero attached hydrogens (tertiary/aromatic N) is 1. The SMILES string of the molecule is Cc1ncsc1CCNC(=O)c1ccc2c(c1)CCCO2. The highest BCUT2D eigenvalue weighted by atomic mass is 32.1. The van der Waals surface area contributed by atoms with E-state index >= 15 is 0 Å². The Hall–Kier alpha value is -1.88. The van der Waals surface area contributed by atoms with Gasteiger partial charge < -0.3 is 10.1 Å². The molecule has 1 aliphatic rings. The molecule has 1 aliphatic heterocycles. The molecular formula is C16H18N2O2S. The van der Waals surface area contributed by atoms with Crippen LogP contribution in [-0.2, 0) is 12.8 Å². The van der Waals surface area contributed by atoms with Crippen LogP contribution in [0.1, 0.15) is 32.9 Å². The van der Waals surface area contributed by atoms with Gasteiger partial charge in [0.05, 0.1) is 17.8 Å². The molecule has 0 unspecified atom stereocenters. The molecular weight excluding hydrogens is 284 g/mol. The minimum absolute atomic E-state index is 0.0226. The molecule has 2 heterocycles. The van der Waals surface area contributed by atoms with Gasteiger partial charge in [0.15, 0.2) is 0 Å². The average molecular weight is 302 g/mol. The van der Waals surface area contributed by atoms with Crippen LogP contribution < -0.4 is 10.1 Å². The first-order chi connectivity index (χ1) is 10.2. The Labute approximate surface area is 128 Å². The monoisotopic (exact) mass is 302 g/mol. The molecule has 1 aromatic heterocycles. The van der Waals surface area contributed by atoms with Gasteiger partial charge in [0.25, 0.3) is 5.91 Å². The fraction of sp³-hybridized carbons (Fsp3) is 0.375. The molecule has 1 aromatic carbocycles. The fourth-order valence-electron chi connectivity index (χ4n) is 2.46. The van der Waals surface area contributed by atoms with Gasteiger partial charge in [-0.05, 0) is 43.5 Å². The number of amides is 1. The number of benzene rings is 1. The topological polar surface area (TPSA) is 51.2 Å². The van der Waals surface area contributed by atoms with E-state index in [-0.39, 0.29) is 5.91 Å². The molecule has 2 aromatic rings. The highest BCUT2D eigenvalue weighted by Gasteiger charge is 2.13. The van der Waals surface area contributed by atoms with Crippen molar-refractivity contribution in [2.45, 2.75) is 26.2 Å². The third kappa shape index (κ3) is 3.24. The van der Waals surface area contributed by atoms with Gasteiger partial charge >= 0.3 is 0 Å². The highest BCUT2D eigenvalue weighted by molar-refractivity contribution is 7.09. The van der Waals surface area contributed by atoms with Gasteiger partial charge in [-0.1, -0.05) is 0 Å². The van der Waals surface area contributed by atoms with Crippen molar-refractivity contribution in [2.75, 3.05) is 13.2 Å². The van der Waals surface area contributed by atoms with Crippen molar-refractivity contribution in [1.82, 2.24) is 10.3 Å². The number of aryl methyl sites for hydroxylation is 2. The summed E-state index contributed by atoms with van der Waals surface area (Å²) in [5, 5.41) is 2.97. The molecule has 1 amide bonds. The first-order valence-electron chi connectivity index (χ1n) is 7.17. The number of hydrogen-bond acceptors (Lipinski definition) is 4. The summed E-state index contributed by atoms with van der Waals surface area (Å²) in [7, 11) is 0. The van der Waals surface area contributed by atoms with E-state index in [1.807, 2.05) is 30.6 Å². The number of carbonyl (C=O) groups excluding carboxylic acids is 1. The van der Waals surface area contributed by atoms with Gasteiger partial charge in [0.1, 0.15) is 5.75 Å². The second-order valence-electron chi connectivity index (χ2n) is 5.14. The lowest BCUT2D eigenvalue weighted by Crippen LogP contribution is -2.26. The van der Waals surface area contributed by atoms with Gasteiger partial charge in [-0.15, -0.1) is 11.3 Å². The van der Waals surface area contributed by atoms with E-state index in [1.165, 1.54) is 4.88 Å². The molecule has 0 saturated heterocycles. The second kappa shape index (κ2) is 6.26. The number of fused-ring (bicyclic) bond motifs is 1. The van der Waals surface area contributed by atoms with Crippen LogP contribution >= 0.6 is 11.3 Å². The smallest absolute Gasteiger partial charge is 0.251 e. The Morgan fingerprint density at radius 2 is 2.38 bits per heavy atom. The van der Waals surface area contributed by atoms with Gasteiger partial charge in [-0.2, -0.15) is 0 Å². The number of rotatable bonds is 4. The maximum atomic E-state index is 12.2. The van der Waals surface area contributed by atoms with E-state index in [0.717, 1.165) is 42.9 Å². The Bertz CT molecular complexity index is 651. The molecule has 0 radical (unpaired) electrons. The third-order valence-corrected chi connectivity index (χ3v) is 4.65. The molecule has 0 saturated carbocycles. The summed E-state index contributed by atoms with van der Waals surface area (Å²) in [6.07, 6.45) is 2.83. The van der Waals surface area contributed by atoms with Gasteiger partial charge in [-0.3, -0.25) is 4.79 Å². The van der Waals surface area contributed by atoms with Crippen LogP contribution in [-0.4, -0.2) is 24.0 Å². The first-order valence-corrected chi connectivity index (χ1v) is 8.05. The molecule has 0 fully saturated rings. The van der Waals surface area contributed by atoms with Gasteiger partial charge in [0, 0.05) is 23.4 Å². The summed E-state index contributed by atoms with van der Waals surface area (Å²) in [5.41, 5.74) is 4.74. The molecule has 1 N–H and O–H groups in total. The molecule has 0 bridgehead atoms. The quantitative estimate of drug-likeness (QED) is 0.945. The van der Waals surface area contributed by atoms with E-state index in [1.54, 1.807) is 11.3 Å². The zero-order chi connectivity index (χ0) is 14.7. The van der Waals surface area contributed by atoms with E-state index in [4.69, 9.17) is 4.74 Å². The summed E-state index contributed by atoms with van der Waals surface area (Å²) in [6, 6.07) is 5.68. The van der Waals surface area contributed by atoms with Crippen LogP contribution in [0, 0.1) is 6.92 Å². The van der Waals surface area contributed by atoms with Crippen LogP contribution in [0.15, 0.2) is 23.7 Å². The average Bonchev–Trinajstić information content (AvgIpc) is 2.92. The molecule has 0 aliphatic carbocycles. The maximum absolute atomic E-state index is 12.2. The summed E-state index contributed by atoms with van der Waals surface area (Å²) in [6.45, 7) is 3.40. The zero-order valence-corrected chi connectivity index (χ0v) is 12.8. The lowest BCUT2D eigenvalue weighted by Gasteiger charge is -2.17. The van der Waals surface area contributed by atoms with Crippen molar-refractivity contribution in [3.8, 4) is 5.75 Å². The van der Waals surface area contributed by atoms with Crippen molar-refractivity contribution >= 4 is 17.2 Å². The molecule has 21 heavy (non-hydrogen) atoms. The fourth-order valence-corrected chi connectivity index (χ4v) is 3.24. The number of thiazole rings is 1. The summed E-state index contributed by atoms with van der Waals surface area (Å²) >= 11 is 1.64. The van der Waals surface area contributed by atoms with Crippen LogP contribution in [0.3, 0.4) is 0 Å². The Morgan fingerprint density at radius 3 is 3.19 bits per heavy atom. The molecule has 4 nitrogen and oxygen atoms in total. The van der Waals surface area contributed by atoms with E-state index < -0.39 is 0 Å². The van der Waals surface area contributed by atoms with Gasteiger partial charge in [0.2, 0.25) is 0 Å². The second-order valence-corrected chi connectivity index (χ2v) is 6.08. The Morgan fingerprint density at radius 1 is 1.48 bits per heavy atom. The van der Waals surface area contributed by atoms with Crippen LogP contribution in [0.4, 0.5) is 0 Å². The summed E-state index contributed by atoms with van der Waals surface area (Å²) < 4.78 is 5.56. The minimum atomic E-state index is -0.0226. The lowest BCUT2D eigenvalue weighted by atomic mass is 10.0. The van der Waals surface area contributed by atoms with Crippen molar-refractivity contribution in [3.05, 3.63) is 45.4 Å². The van der Waals surface area contributed by atoms with Gasteiger partial charge in [-0.25, -0.2) is 4.98 Å². The lowest BCUT2D eigenvalue weighted by molar-refractivity contribution is 0.0954. The van der Waals surface area contributed by atoms with E-state index in [9.17, 15) is 4.79 Å². The minimum Gasteiger partial charge on any atom is -0.493 e. The number of nitrogens with one attached hydrogen (secondary N) is 1. The maximum Gasteiger partial charge on any atom is 0.251 e. The largest absolute Gasteiger partial charge is 0.493 e. The molecule has 0 spiro atoms. The first kappa shape index (κ1) is 14.1.